The van der Waals surface area contributed by atoms with E-state index in [0.29, 0.717) is 55.3 Å². The monoisotopic (exact) mass is 469 g/mol. The minimum Gasteiger partial charge on any atom is -0.477 e. The van der Waals surface area contributed by atoms with Crippen molar-refractivity contribution in [1.82, 2.24) is 9.47 Å². The second-order valence-corrected chi connectivity index (χ2v) is 9.31. The number of carboxylic acids is 1. The zero-order valence-electron chi connectivity index (χ0n) is 18.5. The minimum atomic E-state index is -1.30. The van der Waals surface area contributed by atoms with Crippen molar-refractivity contribution in [3.05, 3.63) is 62.1 Å². The highest BCUT2D eigenvalue weighted by Crippen LogP contribution is 2.39. The maximum Gasteiger partial charge on any atom is 0.519 e. The van der Waals surface area contributed by atoms with Crippen LogP contribution in [-0.2, 0) is 6.42 Å². The van der Waals surface area contributed by atoms with Gasteiger partial charge in [-0.2, -0.15) is 0 Å². The predicted molar refractivity (Wildman–Crippen MR) is 120 cm³/mol. The Morgan fingerprint density at radius 1 is 1.06 bits per heavy atom. The molecule has 1 aliphatic heterocycles. The standard InChI is InChI=1S/C24H24FN3O6/c25-16-10-14-18(28(13-4-5-13)12-15(21(14)29)23(30)31)11-19(16)27-8-6-26(7-9-27)17-2-1-3-20-22(17)34-24(32)33-20/h10-13,17H,1-9H2,(H,30,31). The molecule has 3 aromatic rings. The average Bonchev–Trinajstić information content (AvgIpc) is 3.59. The lowest BCUT2D eigenvalue weighted by atomic mass is 9.96. The van der Waals surface area contributed by atoms with Crippen LogP contribution in [0.3, 0.4) is 0 Å². The van der Waals surface area contributed by atoms with Gasteiger partial charge < -0.3 is 23.4 Å². The van der Waals surface area contributed by atoms with Gasteiger partial charge in [0.05, 0.1) is 17.2 Å². The first kappa shape index (κ1) is 21.2. The van der Waals surface area contributed by atoms with Crippen molar-refractivity contribution < 1.29 is 23.1 Å². The van der Waals surface area contributed by atoms with Gasteiger partial charge in [-0.05, 0) is 37.8 Å². The highest BCUT2D eigenvalue weighted by Gasteiger charge is 2.34. The van der Waals surface area contributed by atoms with E-state index in [1.54, 1.807) is 6.07 Å². The van der Waals surface area contributed by atoms with Crippen LogP contribution in [0.1, 0.15) is 59.6 Å². The molecule has 2 aliphatic carbocycles. The first-order valence-electron chi connectivity index (χ1n) is 11.6. The lowest BCUT2D eigenvalue weighted by Crippen LogP contribution is -2.48. The fourth-order valence-electron chi connectivity index (χ4n) is 5.36. The van der Waals surface area contributed by atoms with Crippen molar-refractivity contribution in [3.8, 4) is 0 Å². The highest BCUT2D eigenvalue weighted by atomic mass is 19.1. The molecule has 34 heavy (non-hydrogen) atoms. The molecule has 10 heteroatoms. The van der Waals surface area contributed by atoms with Crippen LogP contribution in [0.5, 0.6) is 0 Å². The smallest absolute Gasteiger partial charge is 0.477 e. The van der Waals surface area contributed by atoms with E-state index < -0.39 is 23.0 Å². The fourth-order valence-corrected chi connectivity index (χ4v) is 5.36. The van der Waals surface area contributed by atoms with Crippen LogP contribution in [0, 0.1) is 5.82 Å². The molecule has 3 heterocycles. The van der Waals surface area contributed by atoms with E-state index in [2.05, 4.69) is 4.90 Å². The average molecular weight is 469 g/mol. The van der Waals surface area contributed by atoms with Gasteiger partial charge in [-0.3, -0.25) is 9.69 Å². The number of hydrogen-bond acceptors (Lipinski definition) is 7. The Bertz CT molecular complexity index is 1410. The van der Waals surface area contributed by atoms with Gasteiger partial charge in [0.15, 0.2) is 11.5 Å². The predicted octanol–water partition coefficient (Wildman–Crippen LogP) is 2.92. The van der Waals surface area contributed by atoms with Crippen molar-refractivity contribution in [2.45, 2.75) is 44.2 Å². The molecule has 0 spiro atoms. The second kappa shape index (κ2) is 7.83. The SMILES string of the molecule is O=C(O)c1cn(C2CC2)c2cc(N3CCN(C4CCCc5oc(=O)oc54)CC3)c(F)cc2c1=O. The van der Waals surface area contributed by atoms with Crippen LogP contribution in [0.4, 0.5) is 10.1 Å². The number of halogens is 1. The van der Waals surface area contributed by atoms with Gasteiger partial charge in [-0.1, -0.05) is 0 Å². The number of aromatic carboxylic acids is 1. The van der Waals surface area contributed by atoms with Crippen LogP contribution in [0.2, 0.25) is 0 Å². The van der Waals surface area contributed by atoms with Crippen LogP contribution >= 0.6 is 0 Å². The first-order valence-corrected chi connectivity index (χ1v) is 11.6. The number of hydrogen-bond donors (Lipinski definition) is 1. The summed E-state index contributed by atoms with van der Waals surface area (Å²) in [6, 6.07) is 2.97. The summed E-state index contributed by atoms with van der Waals surface area (Å²) in [5, 5.41) is 9.52. The van der Waals surface area contributed by atoms with Crippen molar-refractivity contribution in [2.24, 2.45) is 0 Å². The normalized spacial score (nSPS) is 21.1. The zero-order chi connectivity index (χ0) is 23.6. The van der Waals surface area contributed by atoms with E-state index >= 15 is 4.39 Å². The van der Waals surface area contributed by atoms with E-state index in [9.17, 15) is 19.5 Å². The van der Waals surface area contributed by atoms with E-state index in [-0.39, 0.29) is 23.0 Å². The third-order valence-corrected chi connectivity index (χ3v) is 7.23. The fraction of sp³-hybridized carbons (Fsp3) is 0.458. The number of carbonyl (C=O) groups is 1. The number of aryl methyl sites for hydroxylation is 1. The molecule has 1 N–H and O–H groups in total. The Balaban J connectivity index is 1.30. The lowest BCUT2D eigenvalue weighted by Gasteiger charge is -2.40. The van der Waals surface area contributed by atoms with E-state index in [1.165, 1.54) is 12.3 Å². The number of pyridine rings is 1. The van der Waals surface area contributed by atoms with Crippen molar-refractivity contribution >= 4 is 22.6 Å². The summed E-state index contributed by atoms with van der Waals surface area (Å²) in [7, 11) is 0. The molecule has 9 nitrogen and oxygen atoms in total. The number of aromatic nitrogens is 1. The Morgan fingerprint density at radius 2 is 1.82 bits per heavy atom. The molecule has 1 saturated heterocycles. The summed E-state index contributed by atoms with van der Waals surface area (Å²) < 4.78 is 27.5. The van der Waals surface area contributed by atoms with Crippen LogP contribution in [-0.4, -0.2) is 46.7 Å². The summed E-state index contributed by atoms with van der Waals surface area (Å²) in [6.07, 6.45) is 5.68. The molecule has 0 bridgehead atoms. The van der Waals surface area contributed by atoms with Crippen molar-refractivity contribution in [3.63, 3.8) is 0 Å². The van der Waals surface area contributed by atoms with E-state index in [4.69, 9.17) is 8.83 Å². The zero-order valence-corrected chi connectivity index (χ0v) is 18.5. The Labute approximate surface area is 193 Å². The molecular formula is C24H24FN3O6. The molecule has 2 aromatic heterocycles. The quantitative estimate of drug-likeness (QED) is 0.621. The van der Waals surface area contributed by atoms with Gasteiger partial charge >= 0.3 is 11.8 Å². The number of piperazine rings is 1. The van der Waals surface area contributed by atoms with Gasteiger partial charge in [0, 0.05) is 50.2 Å². The number of rotatable bonds is 4. The van der Waals surface area contributed by atoms with Gasteiger partial charge in [0.25, 0.3) is 0 Å². The van der Waals surface area contributed by atoms with E-state index in [0.717, 1.165) is 25.7 Å². The Hall–Kier alpha value is -3.40. The number of carboxylic acid groups (broad SMARTS) is 1. The van der Waals surface area contributed by atoms with Crippen molar-refractivity contribution in [1.29, 1.82) is 0 Å². The molecule has 1 aromatic carbocycles. The lowest BCUT2D eigenvalue weighted by molar-refractivity contribution is 0.0695. The van der Waals surface area contributed by atoms with Crippen LogP contribution in [0.25, 0.3) is 10.9 Å². The molecule has 2 fully saturated rings. The summed E-state index contributed by atoms with van der Waals surface area (Å²) in [5.41, 5.74) is -0.0288. The summed E-state index contributed by atoms with van der Waals surface area (Å²) in [4.78, 5) is 40.0. The summed E-state index contributed by atoms with van der Waals surface area (Å²) in [6.45, 7) is 2.45. The van der Waals surface area contributed by atoms with Gasteiger partial charge in [0.2, 0.25) is 5.43 Å². The number of anilines is 1. The maximum absolute atomic E-state index is 15.2. The molecule has 0 amide bonds. The Kier molecular flexibility index (Phi) is 4.87. The molecule has 1 atom stereocenters. The third kappa shape index (κ3) is 3.44. The molecule has 0 radical (unpaired) electrons. The van der Waals surface area contributed by atoms with E-state index in [1.807, 2.05) is 9.47 Å². The molecule has 3 aliphatic rings. The number of fused-ring (bicyclic) bond motifs is 2. The van der Waals surface area contributed by atoms with Gasteiger partial charge in [-0.25, -0.2) is 14.0 Å². The number of nitrogens with zero attached hydrogens (tertiary/aromatic N) is 3. The molecule has 6 rings (SSSR count). The van der Waals surface area contributed by atoms with Crippen LogP contribution < -0.4 is 16.2 Å². The van der Waals surface area contributed by atoms with Crippen molar-refractivity contribution in [2.75, 3.05) is 31.1 Å². The van der Waals surface area contributed by atoms with Gasteiger partial charge in [-0.15, -0.1) is 0 Å². The molecule has 178 valence electrons. The largest absolute Gasteiger partial charge is 0.519 e. The summed E-state index contributed by atoms with van der Waals surface area (Å²) >= 11 is 0. The molecular weight excluding hydrogens is 445 g/mol. The minimum absolute atomic E-state index is 0.0201. The maximum atomic E-state index is 15.2. The molecule has 1 saturated carbocycles. The Morgan fingerprint density at radius 3 is 2.53 bits per heavy atom. The first-order chi connectivity index (χ1) is 16.4. The third-order valence-electron chi connectivity index (χ3n) is 7.23. The van der Waals surface area contributed by atoms with Gasteiger partial charge in [0.1, 0.15) is 11.4 Å². The summed E-state index contributed by atoms with van der Waals surface area (Å²) in [5.74, 6) is -1.27. The van der Waals surface area contributed by atoms with Crippen LogP contribution in [0.15, 0.2) is 36.8 Å². The second-order valence-electron chi connectivity index (χ2n) is 9.31. The highest BCUT2D eigenvalue weighted by molar-refractivity contribution is 5.93. The molecule has 1 unspecified atom stereocenters. The topological polar surface area (TPSA) is 109 Å². The number of benzene rings is 1.